The lowest BCUT2D eigenvalue weighted by Crippen LogP contribution is -2.13. The Labute approximate surface area is 144 Å². The third-order valence-corrected chi connectivity index (χ3v) is 4.46. The fourth-order valence-electron chi connectivity index (χ4n) is 2.54. The Bertz CT molecular complexity index is 905. The maximum Gasteiger partial charge on any atom is 0.316 e. The van der Waals surface area contributed by atoms with E-state index in [2.05, 4.69) is 10.2 Å². The van der Waals surface area contributed by atoms with Gasteiger partial charge in [-0.1, -0.05) is 11.8 Å². The number of nitrogens with zero attached hydrogens (tertiary/aromatic N) is 3. The summed E-state index contributed by atoms with van der Waals surface area (Å²) in [5.74, 6) is 0.692. The zero-order valence-electron chi connectivity index (χ0n) is 14.1. The van der Waals surface area contributed by atoms with Gasteiger partial charge in [0.25, 0.3) is 0 Å². The van der Waals surface area contributed by atoms with Crippen molar-refractivity contribution in [3.05, 3.63) is 29.8 Å². The zero-order valence-corrected chi connectivity index (χ0v) is 14.9. The van der Waals surface area contributed by atoms with Crippen LogP contribution in [0.15, 0.2) is 29.4 Å². The molecule has 0 unspecified atom stereocenters. The number of methoxy groups -OCH3 is 1. The van der Waals surface area contributed by atoms with Gasteiger partial charge < -0.3 is 9.47 Å². The van der Waals surface area contributed by atoms with Gasteiger partial charge in [0.05, 0.1) is 24.5 Å². The van der Waals surface area contributed by atoms with E-state index in [0.29, 0.717) is 5.16 Å². The van der Waals surface area contributed by atoms with Crippen LogP contribution in [-0.4, -0.2) is 39.5 Å². The second-order valence-corrected chi connectivity index (χ2v) is 6.66. The third-order valence-electron chi connectivity index (χ3n) is 3.56. The number of esters is 1. The van der Waals surface area contributed by atoms with Gasteiger partial charge in [-0.05, 0) is 44.5 Å². The average Bonchev–Trinajstić information content (AvgIpc) is 2.95. The van der Waals surface area contributed by atoms with Gasteiger partial charge in [0, 0.05) is 11.5 Å². The Morgan fingerprint density at radius 3 is 2.79 bits per heavy atom. The number of hydrogen-bond donors (Lipinski definition) is 0. The van der Waals surface area contributed by atoms with Crippen LogP contribution in [0.2, 0.25) is 0 Å². The summed E-state index contributed by atoms with van der Waals surface area (Å²) in [5, 5.41) is 10.2. The molecule has 7 heteroatoms. The highest BCUT2D eigenvalue weighted by Gasteiger charge is 2.14. The number of carbonyl (C=O) groups is 1. The molecule has 0 amide bonds. The first kappa shape index (κ1) is 16.6. The van der Waals surface area contributed by atoms with Gasteiger partial charge in [-0.15, -0.1) is 10.2 Å². The largest absolute Gasteiger partial charge is 0.497 e. The van der Waals surface area contributed by atoms with Crippen molar-refractivity contribution in [2.24, 2.45) is 0 Å². The molecular weight excluding hydrogens is 326 g/mol. The molecule has 126 valence electrons. The minimum Gasteiger partial charge on any atom is -0.497 e. The maximum atomic E-state index is 11.8. The van der Waals surface area contributed by atoms with Crippen molar-refractivity contribution in [1.82, 2.24) is 14.6 Å². The van der Waals surface area contributed by atoms with Crippen LogP contribution in [0.4, 0.5) is 0 Å². The van der Waals surface area contributed by atoms with E-state index >= 15 is 0 Å². The SMILES string of the molecule is COc1ccc2c(C)cc3nnc(SCC(=O)OC(C)C)n3c2c1. The summed E-state index contributed by atoms with van der Waals surface area (Å²) in [6.45, 7) is 5.70. The van der Waals surface area contributed by atoms with Crippen LogP contribution < -0.4 is 4.74 Å². The molecule has 2 aromatic heterocycles. The molecule has 0 bridgehead atoms. The standard InChI is InChI=1S/C17H19N3O3S/c1-10(2)23-16(21)9-24-17-19-18-15-7-11(3)13-6-5-12(22-4)8-14(13)20(15)17/h5-8,10H,9H2,1-4H3. The monoisotopic (exact) mass is 345 g/mol. The molecular formula is C17H19N3O3S. The normalized spacial score (nSPS) is 11.4. The fraction of sp³-hybridized carbons (Fsp3) is 0.353. The summed E-state index contributed by atoms with van der Waals surface area (Å²) in [5.41, 5.74) is 2.81. The van der Waals surface area contributed by atoms with Gasteiger partial charge in [-0.3, -0.25) is 9.20 Å². The quantitative estimate of drug-likeness (QED) is 0.522. The minimum atomic E-state index is -0.263. The number of ether oxygens (including phenoxy) is 2. The predicted octanol–water partition coefficient (Wildman–Crippen LogP) is 3.24. The maximum absolute atomic E-state index is 11.8. The number of carbonyl (C=O) groups excluding carboxylic acids is 1. The van der Waals surface area contributed by atoms with E-state index in [1.807, 2.05) is 49.4 Å². The molecule has 3 rings (SSSR count). The topological polar surface area (TPSA) is 65.7 Å². The van der Waals surface area contributed by atoms with Gasteiger partial charge in [0.15, 0.2) is 10.8 Å². The van der Waals surface area contributed by atoms with E-state index in [4.69, 9.17) is 9.47 Å². The molecule has 3 aromatic rings. The van der Waals surface area contributed by atoms with E-state index in [-0.39, 0.29) is 17.8 Å². The Kier molecular flexibility index (Phi) is 4.62. The van der Waals surface area contributed by atoms with Crippen molar-refractivity contribution < 1.29 is 14.3 Å². The first-order valence-corrected chi connectivity index (χ1v) is 8.63. The number of hydrogen-bond acceptors (Lipinski definition) is 6. The van der Waals surface area contributed by atoms with Crippen molar-refractivity contribution in [3.8, 4) is 5.75 Å². The van der Waals surface area contributed by atoms with Crippen molar-refractivity contribution in [2.45, 2.75) is 32.0 Å². The number of aryl methyl sites for hydroxylation is 1. The van der Waals surface area contributed by atoms with Crippen LogP contribution in [0.3, 0.4) is 0 Å². The van der Waals surface area contributed by atoms with E-state index in [9.17, 15) is 4.79 Å². The summed E-state index contributed by atoms with van der Waals surface area (Å²) < 4.78 is 12.4. The van der Waals surface area contributed by atoms with E-state index in [0.717, 1.165) is 27.9 Å². The van der Waals surface area contributed by atoms with Crippen LogP contribution >= 0.6 is 11.8 Å². The summed E-state index contributed by atoms with van der Waals surface area (Å²) >= 11 is 1.31. The van der Waals surface area contributed by atoms with Gasteiger partial charge in [0.1, 0.15) is 5.75 Å². The Morgan fingerprint density at radius 1 is 1.29 bits per heavy atom. The summed E-state index contributed by atoms with van der Waals surface area (Å²) in [6.07, 6.45) is -0.124. The van der Waals surface area contributed by atoms with E-state index in [1.165, 1.54) is 11.8 Å². The minimum absolute atomic E-state index is 0.124. The van der Waals surface area contributed by atoms with Crippen LogP contribution in [0.25, 0.3) is 16.6 Å². The van der Waals surface area contributed by atoms with Gasteiger partial charge in [0.2, 0.25) is 0 Å². The molecule has 0 spiro atoms. The molecule has 24 heavy (non-hydrogen) atoms. The van der Waals surface area contributed by atoms with Crippen LogP contribution in [0.5, 0.6) is 5.75 Å². The smallest absolute Gasteiger partial charge is 0.316 e. The van der Waals surface area contributed by atoms with Gasteiger partial charge >= 0.3 is 5.97 Å². The van der Waals surface area contributed by atoms with Crippen molar-refractivity contribution in [1.29, 1.82) is 0 Å². The molecule has 1 aromatic carbocycles. The molecule has 6 nitrogen and oxygen atoms in total. The fourth-order valence-corrected chi connectivity index (χ4v) is 3.28. The Hall–Kier alpha value is -2.28. The molecule has 0 aliphatic heterocycles. The summed E-state index contributed by atoms with van der Waals surface area (Å²) in [7, 11) is 1.64. The third kappa shape index (κ3) is 3.17. The Morgan fingerprint density at radius 2 is 2.08 bits per heavy atom. The number of aromatic nitrogens is 3. The summed E-state index contributed by atoms with van der Waals surface area (Å²) in [6, 6.07) is 7.89. The molecule has 0 aliphatic carbocycles. The molecule has 0 N–H and O–H groups in total. The number of pyridine rings is 1. The van der Waals surface area contributed by atoms with E-state index in [1.54, 1.807) is 7.11 Å². The molecule has 0 atom stereocenters. The molecule has 0 fully saturated rings. The first-order chi connectivity index (χ1) is 11.5. The molecule has 2 heterocycles. The highest BCUT2D eigenvalue weighted by molar-refractivity contribution is 7.99. The van der Waals surface area contributed by atoms with Gasteiger partial charge in [-0.25, -0.2) is 0 Å². The number of thioether (sulfide) groups is 1. The predicted molar refractivity (Wildman–Crippen MR) is 93.7 cm³/mol. The van der Waals surface area contributed by atoms with Crippen LogP contribution in [-0.2, 0) is 9.53 Å². The number of benzene rings is 1. The lowest BCUT2D eigenvalue weighted by Gasteiger charge is -2.10. The van der Waals surface area contributed by atoms with Crippen LogP contribution in [0, 0.1) is 6.92 Å². The molecule has 0 saturated heterocycles. The zero-order chi connectivity index (χ0) is 17.3. The van der Waals surface area contributed by atoms with E-state index < -0.39 is 0 Å². The van der Waals surface area contributed by atoms with Crippen molar-refractivity contribution in [2.75, 3.05) is 12.9 Å². The summed E-state index contributed by atoms with van der Waals surface area (Å²) in [4.78, 5) is 11.8. The highest BCUT2D eigenvalue weighted by atomic mass is 32.2. The van der Waals surface area contributed by atoms with Gasteiger partial charge in [-0.2, -0.15) is 0 Å². The molecule has 0 radical (unpaired) electrons. The van der Waals surface area contributed by atoms with Crippen LogP contribution in [0.1, 0.15) is 19.4 Å². The lowest BCUT2D eigenvalue weighted by molar-refractivity contribution is -0.144. The highest BCUT2D eigenvalue weighted by Crippen LogP contribution is 2.28. The Balaban J connectivity index is 2.03. The average molecular weight is 345 g/mol. The first-order valence-electron chi connectivity index (χ1n) is 7.64. The second-order valence-electron chi connectivity index (χ2n) is 5.71. The number of rotatable bonds is 5. The molecule has 0 saturated carbocycles. The number of fused-ring (bicyclic) bond motifs is 3. The lowest BCUT2D eigenvalue weighted by atomic mass is 10.1. The second kappa shape index (κ2) is 6.68. The molecule has 0 aliphatic rings. The van der Waals surface area contributed by atoms with Crippen molar-refractivity contribution in [3.63, 3.8) is 0 Å². The van der Waals surface area contributed by atoms with Crippen molar-refractivity contribution >= 4 is 34.3 Å².